The average molecular weight is 477 g/mol. The zero-order valence-corrected chi connectivity index (χ0v) is 19.0. The van der Waals surface area contributed by atoms with Crippen molar-refractivity contribution in [3.8, 4) is 16.8 Å². The van der Waals surface area contributed by atoms with Crippen molar-refractivity contribution in [1.29, 1.82) is 0 Å². The first-order valence-electron chi connectivity index (χ1n) is 9.43. The molecule has 1 unspecified atom stereocenters. The summed E-state index contributed by atoms with van der Waals surface area (Å²) in [5, 5.41) is -1.19. The van der Waals surface area contributed by atoms with Crippen molar-refractivity contribution in [1.82, 2.24) is 0 Å². The van der Waals surface area contributed by atoms with E-state index in [-0.39, 0.29) is 31.4 Å². The number of rotatable bonds is 5. The molecule has 0 amide bonds. The Balaban J connectivity index is 0.00000171. The number of hydrogen-bond donors (Lipinski definition) is 2. The Morgan fingerprint density at radius 3 is 1.94 bits per heavy atom. The number of halogens is 2. The number of pyridine rings is 2. The molecule has 1 aliphatic rings. The lowest BCUT2D eigenvalue weighted by molar-refractivity contribution is -0.699. The van der Waals surface area contributed by atoms with Gasteiger partial charge in [-0.25, -0.2) is 4.57 Å². The molecule has 3 aromatic rings. The third-order valence-corrected chi connectivity index (χ3v) is 6.90. The van der Waals surface area contributed by atoms with Gasteiger partial charge >= 0.3 is 7.60 Å². The van der Waals surface area contributed by atoms with Gasteiger partial charge in [0.05, 0.1) is 0 Å². The van der Waals surface area contributed by atoms with Gasteiger partial charge in [-0.2, -0.15) is 4.57 Å². The van der Waals surface area contributed by atoms with Gasteiger partial charge in [0.2, 0.25) is 5.69 Å². The van der Waals surface area contributed by atoms with E-state index in [4.69, 9.17) is 0 Å². The molecule has 8 heteroatoms. The van der Waals surface area contributed by atoms with Crippen LogP contribution in [0.25, 0.3) is 16.8 Å². The molecule has 31 heavy (non-hydrogen) atoms. The van der Waals surface area contributed by atoms with Gasteiger partial charge < -0.3 is 34.6 Å². The van der Waals surface area contributed by atoms with Crippen LogP contribution in [-0.4, -0.2) is 14.9 Å². The molecular weight excluding hydrogens is 454 g/mol. The van der Waals surface area contributed by atoms with Gasteiger partial charge in [-0.3, -0.25) is 4.57 Å². The molecule has 4 rings (SSSR count). The van der Waals surface area contributed by atoms with Gasteiger partial charge in [0.1, 0.15) is 0 Å². The van der Waals surface area contributed by atoms with Crippen molar-refractivity contribution in [3.05, 3.63) is 104 Å². The summed E-state index contributed by atoms with van der Waals surface area (Å²) < 4.78 is 16.0. The minimum atomic E-state index is -4.30. The minimum Gasteiger partial charge on any atom is -1.00 e. The highest BCUT2D eigenvalue weighted by Gasteiger charge is 2.48. The van der Waals surface area contributed by atoms with Crippen LogP contribution in [0.2, 0.25) is 0 Å². The quantitative estimate of drug-likeness (QED) is 0.312. The third kappa shape index (κ3) is 5.51. The molecule has 162 valence electrons. The first-order valence-corrected chi connectivity index (χ1v) is 11.0. The molecule has 0 spiro atoms. The van der Waals surface area contributed by atoms with E-state index in [0.717, 1.165) is 16.8 Å². The van der Waals surface area contributed by atoms with Crippen LogP contribution < -0.4 is 33.9 Å². The molecule has 0 fully saturated rings. The summed E-state index contributed by atoms with van der Waals surface area (Å²) in [5.41, 5.74) is 3.22. The van der Waals surface area contributed by atoms with Crippen molar-refractivity contribution in [2.24, 2.45) is 0 Å². The monoisotopic (exact) mass is 476 g/mol. The molecule has 0 radical (unpaired) electrons. The van der Waals surface area contributed by atoms with E-state index in [0.29, 0.717) is 6.42 Å². The molecule has 2 aromatic heterocycles. The number of nitrogens with zero attached hydrogens (tertiary/aromatic N) is 2. The Morgan fingerprint density at radius 1 is 0.839 bits per heavy atom. The van der Waals surface area contributed by atoms with Crippen molar-refractivity contribution < 1.29 is 48.3 Å². The van der Waals surface area contributed by atoms with E-state index < -0.39 is 12.8 Å². The van der Waals surface area contributed by atoms with E-state index in [2.05, 4.69) is 28.8 Å². The van der Waals surface area contributed by atoms with Crippen molar-refractivity contribution in [2.75, 3.05) is 0 Å². The maximum atomic E-state index is 12.1. The van der Waals surface area contributed by atoms with E-state index in [9.17, 15) is 14.4 Å². The molecule has 0 saturated heterocycles. The second-order valence-electron chi connectivity index (χ2n) is 7.23. The first-order chi connectivity index (χ1) is 14.0. The van der Waals surface area contributed by atoms with Crippen LogP contribution in [0.4, 0.5) is 0 Å². The fourth-order valence-corrected chi connectivity index (χ4v) is 4.51. The predicted molar refractivity (Wildman–Crippen MR) is 111 cm³/mol. The molecule has 1 atom stereocenters. The molecule has 0 aliphatic heterocycles. The second-order valence-corrected chi connectivity index (χ2v) is 9.21. The number of aromatic nitrogens is 2. The summed E-state index contributed by atoms with van der Waals surface area (Å²) >= 11 is 0. The summed E-state index contributed by atoms with van der Waals surface area (Å²) in [6.07, 6.45) is 15.1. The maximum absolute atomic E-state index is 12.1. The SMILES string of the molecule is O=P(O)(O)C1(C[n+]2ccc(-c3cc[n+](-c4ccccc4)cc3)cc2)C=CC=CC1.[Cl-].[Cl-]. The smallest absolute Gasteiger partial charge is 0.342 e. The lowest BCUT2D eigenvalue weighted by atomic mass is 9.99. The zero-order chi connectivity index (χ0) is 20.3. The minimum absolute atomic E-state index is 0. The summed E-state index contributed by atoms with van der Waals surface area (Å²) in [7, 11) is -4.30. The Bertz CT molecular complexity index is 1100. The Labute approximate surface area is 194 Å². The molecule has 5 nitrogen and oxygen atoms in total. The number of para-hydroxylation sites is 1. The van der Waals surface area contributed by atoms with Crippen molar-refractivity contribution in [2.45, 2.75) is 18.1 Å². The largest absolute Gasteiger partial charge is 1.00 e. The first kappa shape index (κ1) is 25.0. The molecule has 2 heterocycles. The summed E-state index contributed by atoms with van der Waals surface area (Å²) in [5.74, 6) is 0. The van der Waals surface area contributed by atoms with E-state index in [1.807, 2.05) is 65.8 Å². The van der Waals surface area contributed by atoms with E-state index >= 15 is 0 Å². The number of benzene rings is 1. The van der Waals surface area contributed by atoms with Crippen LogP contribution in [0.1, 0.15) is 6.42 Å². The molecule has 0 bridgehead atoms. The van der Waals surface area contributed by atoms with Crippen LogP contribution in [0.15, 0.2) is 104 Å². The van der Waals surface area contributed by atoms with Crippen LogP contribution in [-0.2, 0) is 11.1 Å². The topological polar surface area (TPSA) is 65.3 Å². The molecule has 1 aromatic carbocycles. The van der Waals surface area contributed by atoms with E-state index in [1.165, 1.54) is 0 Å². The van der Waals surface area contributed by atoms with Crippen LogP contribution in [0.3, 0.4) is 0 Å². The van der Waals surface area contributed by atoms with Gasteiger partial charge in [0.15, 0.2) is 36.5 Å². The summed E-state index contributed by atoms with van der Waals surface area (Å²) in [6, 6.07) is 18.2. The highest BCUT2D eigenvalue weighted by molar-refractivity contribution is 7.53. The fourth-order valence-electron chi connectivity index (χ4n) is 3.54. The number of hydrogen-bond acceptors (Lipinski definition) is 1. The van der Waals surface area contributed by atoms with Crippen molar-refractivity contribution >= 4 is 7.60 Å². The van der Waals surface area contributed by atoms with Crippen LogP contribution in [0.5, 0.6) is 0 Å². The third-order valence-electron chi connectivity index (χ3n) is 5.27. The highest BCUT2D eigenvalue weighted by atomic mass is 35.5. The molecule has 0 saturated carbocycles. The number of allylic oxidation sites excluding steroid dienone is 4. The molecule has 1 aliphatic carbocycles. The fraction of sp³-hybridized carbons (Fsp3) is 0.130. The zero-order valence-electron chi connectivity index (χ0n) is 16.6. The lowest BCUT2D eigenvalue weighted by Gasteiger charge is -2.28. The van der Waals surface area contributed by atoms with Gasteiger partial charge in [-0.05, 0) is 17.5 Å². The van der Waals surface area contributed by atoms with Crippen LogP contribution >= 0.6 is 7.60 Å². The van der Waals surface area contributed by atoms with E-state index in [1.54, 1.807) is 18.2 Å². The Hall–Kier alpha value is -2.27. The second kappa shape index (κ2) is 10.4. The normalized spacial score (nSPS) is 17.5. The summed E-state index contributed by atoms with van der Waals surface area (Å²) in [6.45, 7) is 0.223. The van der Waals surface area contributed by atoms with Gasteiger partial charge in [-0.15, -0.1) is 0 Å². The Kier molecular flexibility index (Phi) is 8.35. The maximum Gasteiger partial charge on any atom is 0.342 e. The molecule has 2 N–H and O–H groups in total. The van der Waals surface area contributed by atoms with Gasteiger partial charge in [0.25, 0.3) is 0 Å². The van der Waals surface area contributed by atoms with Gasteiger partial charge in [0, 0.05) is 36.4 Å². The van der Waals surface area contributed by atoms with Crippen molar-refractivity contribution in [3.63, 3.8) is 0 Å². The summed E-state index contributed by atoms with van der Waals surface area (Å²) in [4.78, 5) is 19.8. The predicted octanol–water partition coefficient (Wildman–Crippen LogP) is -2.64. The highest BCUT2D eigenvalue weighted by Crippen LogP contribution is 2.54. The Morgan fingerprint density at radius 2 is 1.42 bits per heavy atom. The standard InChI is InChI=1S/C23H21N2O3P.2ClH/c26-29(27,28)23(13-5-2-6-14-23)19-24-15-9-20(10-16-24)21-11-17-25(18-12-21)22-7-3-1-4-8-22;;/h1-13,15-18H,14,19H2;2*1H. The average Bonchev–Trinajstić information content (AvgIpc) is 2.75. The lowest BCUT2D eigenvalue weighted by Crippen LogP contribution is -3.00. The molecular formula is C23H23Cl2N2O3P. The van der Waals surface area contributed by atoms with Gasteiger partial charge in [-0.1, -0.05) is 42.5 Å². The van der Waals surface area contributed by atoms with Crippen LogP contribution in [0, 0.1) is 0 Å².